The summed E-state index contributed by atoms with van der Waals surface area (Å²) in [4.78, 5) is 0. The van der Waals surface area contributed by atoms with Gasteiger partial charge in [0.2, 0.25) is 0 Å². The molecule has 0 spiro atoms. The number of rotatable bonds is 8. The highest BCUT2D eigenvalue weighted by atomic mass is 35.5. The Morgan fingerprint density at radius 2 is 1.89 bits per heavy atom. The molecule has 19 heavy (non-hydrogen) atoms. The normalized spacial score (nSPS) is 14.4. The monoisotopic (exact) mass is 304 g/mol. The lowest BCUT2D eigenvalue weighted by Crippen LogP contribution is -2.07. The van der Waals surface area contributed by atoms with Crippen LogP contribution in [0.3, 0.4) is 0 Å². The summed E-state index contributed by atoms with van der Waals surface area (Å²) in [5.41, 5.74) is 0. The number of unbranched alkanes of at least 4 members (excludes halogenated alkanes) is 1. The second-order valence-corrected chi connectivity index (χ2v) is 7.47. The van der Waals surface area contributed by atoms with Crippen LogP contribution < -0.4 is 4.52 Å². The van der Waals surface area contributed by atoms with E-state index in [4.69, 9.17) is 20.6 Å². The molecule has 3 nitrogen and oxygen atoms in total. The van der Waals surface area contributed by atoms with Crippen LogP contribution in [0.1, 0.15) is 33.6 Å². The Morgan fingerprint density at radius 1 is 1.26 bits per heavy atom. The third kappa shape index (κ3) is 6.47. The summed E-state index contributed by atoms with van der Waals surface area (Å²) < 4.78 is 23.8. The lowest BCUT2D eigenvalue weighted by atomic mass is 10.2. The summed E-state index contributed by atoms with van der Waals surface area (Å²) in [6.45, 7) is 6.53. The first kappa shape index (κ1) is 16.6. The van der Waals surface area contributed by atoms with Crippen LogP contribution in [0.25, 0.3) is 0 Å². The third-order valence-corrected chi connectivity index (χ3v) is 4.60. The van der Waals surface area contributed by atoms with E-state index < -0.39 is 7.60 Å². The van der Waals surface area contributed by atoms with E-state index in [9.17, 15) is 4.57 Å². The Kier molecular flexibility index (Phi) is 6.92. The van der Waals surface area contributed by atoms with Gasteiger partial charge in [0.1, 0.15) is 5.75 Å². The smallest absolute Gasteiger partial charge is 0.379 e. The van der Waals surface area contributed by atoms with E-state index in [0.29, 0.717) is 29.5 Å². The zero-order chi connectivity index (χ0) is 14.3. The summed E-state index contributed by atoms with van der Waals surface area (Å²) in [7, 11) is -3.07. The van der Waals surface area contributed by atoms with Gasteiger partial charge in [0.25, 0.3) is 0 Å². The van der Waals surface area contributed by atoms with Crippen LogP contribution in [0.2, 0.25) is 5.02 Å². The molecule has 0 saturated carbocycles. The van der Waals surface area contributed by atoms with Crippen molar-refractivity contribution in [3.8, 4) is 5.75 Å². The summed E-state index contributed by atoms with van der Waals surface area (Å²) in [5.74, 6) is 0.858. The molecule has 1 unspecified atom stereocenters. The van der Waals surface area contributed by atoms with Gasteiger partial charge in [-0.2, -0.15) is 0 Å². The van der Waals surface area contributed by atoms with Crippen LogP contribution >= 0.6 is 19.2 Å². The quantitative estimate of drug-likeness (QED) is 0.604. The largest absolute Gasteiger partial charge is 0.424 e. The summed E-state index contributed by atoms with van der Waals surface area (Å²) >= 11 is 5.81. The molecule has 0 aromatic heterocycles. The standard InChI is InChI=1S/C14H22ClO3P/c1-4-5-10-19(16,17-11-12(2)3)18-14-8-6-13(15)7-9-14/h6-9,12H,4-5,10-11H2,1-3H3. The second kappa shape index (κ2) is 7.94. The molecule has 0 bridgehead atoms. The average molecular weight is 305 g/mol. The van der Waals surface area contributed by atoms with E-state index in [2.05, 4.69) is 6.92 Å². The van der Waals surface area contributed by atoms with Crippen molar-refractivity contribution in [2.45, 2.75) is 33.6 Å². The molecule has 1 aromatic rings. The molecule has 0 N–H and O–H groups in total. The lowest BCUT2D eigenvalue weighted by molar-refractivity contribution is 0.233. The summed E-state index contributed by atoms with van der Waals surface area (Å²) in [6, 6.07) is 6.84. The molecule has 0 radical (unpaired) electrons. The maximum Gasteiger partial charge on any atom is 0.379 e. The van der Waals surface area contributed by atoms with Gasteiger partial charge in [-0.3, -0.25) is 4.52 Å². The van der Waals surface area contributed by atoms with Gasteiger partial charge in [0.15, 0.2) is 0 Å². The maximum atomic E-state index is 12.7. The molecule has 5 heteroatoms. The van der Waals surface area contributed by atoms with Crippen molar-refractivity contribution in [1.29, 1.82) is 0 Å². The van der Waals surface area contributed by atoms with E-state index in [-0.39, 0.29) is 0 Å². The van der Waals surface area contributed by atoms with Crippen molar-refractivity contribution in [1.82, 2.24) is 0 Å². The van der Waals surface area contributed by atoms with Gasteiger partial charge in [-0.15, -0.1) is 0 Å². The van der Waals surface area contributed by atoms with E-state index in [0.717, 1.165) is 12.8 Å². The van der Waals surface area contributed by atoms with Crippen molar-refractivity contribution < 1.29 is 13.6 Å². The molecular formula is C14H22ClO3P. The highest BCUT2D eigenvalue weighted by molar-refractivity contribution is 7.54. The van der Waals surface area contributed by atoms with Crippen LogP contribution in [0.15, 0.2) is 24.3 Å². The molecular weight excluding hydrogens is 283 g/mol. The number of hydrogen-bond donors (Lipinski definition) is 0. The predicted octanol–water partition coefficient (Wildman–Crippen LogP) is 5.38. The fraction of sp³-hybridized carbons (Fsp3) is 0.571. The molecule has 0 saturated heterocycles. The number of halogens is 1. The van der Waals surface area contributed by atoms with Crippen LogP contribution in [-0.2, 0) is 9.09 Å². The highest BCUT2D eigenvalue weighted by Gasteiger charge is 2.25. The van der Waals surface area contributed by atoms with Gasteiger partial charge < -0.3 is 4.52 Å². The topological polar surface area (TPSA) is 35.5 Å². The third-order valence-electron chi connectivity index (χ3n) is 2.45. The minimum absolute atomic E-state index is 0.323. The summed E-state index contributed by atoms with van der Waals surface area (Å²) in [6.07, 6.45) is 2.22. The van der Waals surface area contributed by atoms with Crippen LogP contribution in [0.5, 0.6) is 5.75 Å². The van der Waals surface area contributed by atoms with Crippen LogP contribution in [0, 0.1) is 5.92 Å². The van der Waals surface area contributed by atoms with Gasteiger partial charge in [-0.1, -0.05) is 38.8 Å². The lowest BCUT2D eigenvalue weighted by Gasteiger charge is -2.20. The molecule has 1 aromatic carbocycles. The maximum absolute atomic E-state index is 12.7. The van der Waals surface area contributed by atoms with Gasteiger partial charge in [0, 0.05) is 5.02 Å². The molecule has 0 aliphatic heterocycles. The minimum Gasteiger partial charge on any atom is -0.424 e. The van der Waals surface area contributed by atoms with Crippen molar-refractivity contribution in [2.24, 2.45) is 5.92 Å². The van der Waals surface area contributed by atoms with Gasteiger partial charge in [-0.05, 0) is 36.6 Å². The molecule has 0 amide bonds. The number of hydrogen-bond acceptors (Lipinski definition) is 3. The first-order valence-corrected chi connectivity index (χ1v) is 8.74. The summed E-state index contributed by atoms with van der Waals surface area (Å²) in [5, 5.41) is 0.624. The van der Waals surface area contributed by atoms with Gasteiger partial charge in [0.05, 0.1) is 12.8 Å². The Balaban J connectivity index is 2.72. The van der Waals surface area contributed by atoms with Crippen LogP contribution in [-0.4, -0.2) is 12.8 Å². The van der Waals surface area contributed by atoms with Gasteiger partial charge in [-0.25, -0.2) is 4.57 Å². The number of benzene rings is 1. The molecule has 0 aliphatic rings. The zero-order valence-corrected chi connectivity index (χ0v) is 13.4. The molecule has 0 heterocycles. The highest BCUT2D eigenvalue weighted by Crippen LogP contribution is 2.49. The second-order valence-electron chi connectivity index (χ2n) is 4.92. The molecule has 0 aliphatic carbocycles. The molecule has 1 rings (SSSR count). The Hall–Kier alpha value is -0.500. The SMILES string of the molecule is CCCCP(=O)(OCC(C)C)Oc1ccc(Cl)cc1. The molecule has 0 fully saturated rings. The van der Waals surface area contributed by atoms with E-state index >= 15 is 0 Å². The van der Waals surface area contributed by atoms with E-state index in [1.807, 2.05) is 13.8 Å². The fourth-order valence-corrected chi connectivity index (χ4v) is 3.48. The van der Waals surface area contributed by atoms with E-state index in [1.54, 1.807) is 24.3 Å². The van der Waals surface area contributed by atoms with Crippen molar-refractivity contribution >= 4 is 19.2 Å². The average Bonchev–Trinajstić information content (AvgIpc) is 2.37. The molecule has 1 atom stereocenters. The predicted molar refractivity (Wildman–Crippen MR) is 80.3 cm³/mol. The Bertz CT molecular complexity index is 417. The van der Waals surface area contributed by atoms with Crippen molar-refractivity contribution in [3.05, 3.63) is 29.3 Å². The fourth-order valence-electron chi connectivity index (χ4n) is 1.41. The Morgan fingerprint density at radius 3 is 2.42 bits per heavy atom. The van der Waals surface area contributed by atoms with E-state index in [1.165, 1.54) is 0 Å². The first-order chi connectivity index (χ1) is 8.95. The first-order valence-electron chi connectivity index (χ1n) is 6.64. The van der Waals surface area contributed by atoms with Crippen molar-refractivity contribution in [2.75, 3.05) is 12.8 Å². The van der Waals surface area contributed by atoms with Gasteiger partial charge >= 0.3 is 7.60 Å². The molecule has 108 valence electrons. The zero-order valence-electron chi connectivity index (χ0n) is 11.8. The minimum atomic E-state index is -3.07. The van der Waals surface area contributed by atoms with Crippen LogP contribution in [0.4, 0.5) is 0 Å². The Labute approximate surface area is 120 Å². The van der Waals surface area contributed by atoms with Crippen molar-refractivity contribution in [3.63, 3.8) is 0 Å².